The number of nitrogens with one attached hydrogen (secondary N) is 1. The highest BCUT2D eigenvalue weighted by molar-refractivity contribution is 6.07. The molecule has 0 aliphatic rings. The van der Waals surface area contributed by atoms with E-state index in [1.165, 1.54) is 6.92 Å². The third-order valence-electron chi connectivity index (χ3n) is 2.14. The predicted octanol–water partition coefficient (Wildman–Crippen LogP) is 1.29. The van der Waals surface area contributed by atoms with E-state index in [4.69, 9.17) is 10.9 Å². The first-order valence-electron chi connectivity index (χ1n) is 4.69. The normalized spacial score (nSPS) is 13.2. The van der Waals surface area contributed by atoms with Gasteiger partial charge in [-0.05, 0) is 19.1 Å². The molecule has 0 bridgehead atoms. The Hall–Kier alpha value is -2.18. The van der Waals surface area contributed by atoms with Crippen LogP contribution in [-0.2, 0) is 4.79 Å². The van der Waals surface area contributed by atoms with Gasteiger partial charge in [-0.25, -0.2) is 8.78 Å². The monoisotopic (exact) mass is 243 g/mol. The van der Waals surface area contributed by atoms with Crippen molar-refractivity contribution in [3.8, 4) is 0 Å². The zero-order valence-corrected chi connectivity index (χ0v) is 8.95. The lowest BCUT2D eigenvalue weighted by Crippen LogP contribution is -2.32. The van der Waals surface area contributed by atoms with Crippen LogP contribution in [0.25, 0.3) is 0 Å². The highest BCUT2D eigenvalue weighted by Gasteiger charge is 2.18. The van der Waals surface area contributed by atoms with E-state index >= 15 is 0 Å². The van der Waals surface area contributed by atoms with Crippen molar-refractivity contribution in [3.63, 3.8) is 0 Å². The molecule has 1 aromatic carbocycles. The molecule has 92 valence electrons. The molecule has 0 saturated heterocycles. The van der Waals surface area contributed by atoms with Crippen LogP contribution < -0.4 is 11.1 Å². The van der Waals surface area contributed by atoms with Crippen molar-refractivity contribution in [3.05, 3.63) is 29.8 Å². The molecule has 1 amide bonds. The Morgan fingerprint density at radius 3 is 2.71 bits per heavy atom. The maximum absolute atomic E-state index is 13.2. The van der Waals surface area contributed by atoms with Gasteiger partial charge in [0, 0.05) is 6.07 Å². The van der Waals surface area contributed by atoms with Gasteiger partial charge in [0.1, 0.15) is 11.6 Å². The lowest BCUT2D eigenvalue weighted by molar-refractivity contribution is -0.117. The van der Waals surface area contributed by atoms with Gasteiger partial charge >= 0.3 is 0 Å². The Labute approximate surface area is 95.9 Å². The van der Waals surface area contributed by atoms with E-state index in [-0.39, 0.29) is 11.5 Å². The minimum Gasteiger partial charge on any atom is -0.409 e. The summed E-state index contributed by atoms with van der Waals surface area (Å²) in [5, 5.41) is 13.2. The van der Waals surface area contributed by atoms with Gasteiger partial charge in [0.05, 0.1) is 11.6 Å². The molecule has 0 aliphatic carbocycles. The average molecular weight is 243 g/mol. The summed E-state index contributed by atoms with van der Waals surface area (Å²) in [6, 6.07) is 2.73. The molecule has 1 unspecified atom stereocenters. The number of halogens is 2. The van der Waals surface area contributed by atoms with E-state index < -0.39 is 23.5 Å². The third kappa shape index (κ3) is 3.13. The first-order chi connectivity index (χ1) is 7.95. The fraction of sp³-hybridized carbons (Fsp3) is 0.200. The van der Waals surface area contributed by atoms with E-state index in [1.807, 2.05) is 0 Å². The molecule has 0 heterocycles. The first-order valence-corrected chi connectivity index (χ1v) is 4.69. The summed E-state index contributed by atoms with van der Waals surface area (Å²) in [6.45, 7) is 1.38. The van der Waals surface area contributed by atoms with Crippen LogP contribution in [0.2, 0.25) is 0 Å². The summed E-state index contributed by atoms with van der Waals surface area (Å²) in [6.07, 6.45) is 0. The molecule has 7 heteroatoms. The first kappa shape index (κ1) is 12.9. The molecule has 0 radical (unpaired) electrons. The number of oxime groups is 1. The molecule has 5 nitrogen and oxygen atoms in total. The molecule has 0 spiro atoms. The standard InChI is InChI=1S/C10H11F2N3O2/c1-5(9(13)15-17)10(16)14-8-3-2-6(11)4-7(8)12/h2-5,17H,1H3,(H2,13,15)(H,14,16). The van der Waals surface area contributed by atoms with Crippen molar-refractivity contribution in [2.45, 2.75) is 6.92 Å². The quantitative estimate of drug-likeness (QED) is 0.323. The molecule has 0 saturated carbocycles. The molecule has 17 heavy (non-hydrogen) atoms. The van der Waals surface area contributed by atoms with Crippen LogP contribution in [0.5, 0.6) is 0 Å². The maximum atomic E-state index is 13.2. The molecule has 0 aliphatic heterocycles. The summed E-state index contributed by atoms with van der Waals surface area (Å²) < 4.78 is 25.8. The molecule has 4 N–H and O–H groups in total. The number of carbonyl (C=O) groups is 1. The number of nitrogens with zero attached hydrogens (tertiary/aromatic N) is 1. The number of amidine groups is 1. The Bertz CT molecular complexity index is 463. The Kier molecular flexibility index (Phi) is 3.97. The van der Waals surface area contributed by atoms with Crippen molar-refractivity contribution in [1.29, 1.82) is 0 Å². The van der Waals surface area contributed by atoms with Gasteiger partial charge in [-0.2, -0.15) is 0 Å². The summed E-state index contributed by atoms with van der Waals surface area (Å²) in [5.41, 5.74) is 5.05. The largest absolute Gasteiger partial charge is 0.409 e. The Morgan fingerprint density at radius 1 is 1.53 bits per heavy atom. The minimum atomic E-state index is -0.926. The van der Waals surface area contributed by atoms with Gasteiger partial charge in [0.25, 0.3) is 0 Å². The van der Waals surface area contributed by atoms with E-state index in [1.54, 1.807) is 0 Å². The summed E-state index contributed by atoms with van der Waals surface area (Å²) in [7, 11) is 0. The van der Waals surface area contributed by atoms with Gasteiger partial charge in [-0.3, -0.25) is 4.79 Å². The number of amides is 1. The van der Waals surface area contributed by atoms with Crippen LogP contribution in [0.3, 0.4) is 0 Å². The van der Waals surface area contributed by atoms with Gasteiger partial charge in [-0.15, -0.1) is 0 Å². The highest BCUT2D eigenvalue weighted by atomic mass is 19.1. The number of anilines is 1. The second kappa shape index (κ2) is 5.24. The number of benzene rings is 1. The zero-order valence-electron chi connectivity index (χ0n) is 8.95. The lowest BCUT2D eigenvalue weighted by Gasteiger charge is -2.11. The van der Waals surface area contributed by atoms with Gasteiger partial charge in [-0.1, -0.05) is 5.16 Å². The maximum Gasteiger partial charge on any atom is 0.235 e. The Morgan fingerprint density at radius 2 is 2.18 bits per heavy atom. The lowest BCUT2D eigenvalue weighted by atomic mass is 10.1. The molecule has 0 fully saturated rings. The summed E-state index contributed by atoms with van der Waals surface area (Å²) in [4.78, 5) is 11.5. The second-order valence-electron chi connectivity index (χ2n) is 3.36. The molecule has 0 aromatic heterocycles. The Balaban J connectivity index is 2.81. The van der Waals surface area contributed by atoms with Crippen molar-refractivity contribution in [2.24, 2.45) is 16.8 Å². The van der Waals surface area contributed by atoms with E-state index in [2.05, 4.69) is 10.5 Å². The number of hydrogen-bond acceptors (Lipinski definition) is 3. The van der Waals surface area contributed by atoms with Crippen molar-refractivity contribution in [1.82, 2.24) is 0 Å². The molecule has 1 rings (SSSR count). The average Bonchev–Trinajstić information content (AvgIpc) is 2.30. The van der Waals surface area contributed by atoms with Crippen LogP contribution in [0.4, 0.5) is 14.5 Å². The van der Waals surface area contributed by atoms with Gasteiger partial charge in [0.2, 0.25) is 5.91 Å². The number of carbonyl (C=O) groups excluding carboxylic acids is 1. The molecular formula is C10H11F2N3O2. The number of nitrogens with two attached hydrogens (primary N) is 1. The summed E-state index contributed by atoms with van der Waals surface area (Å²) >= 11 is 0. The van der Waals surface area contributed by atoms with Gasteiger partial charge in [0.15, 0.2) is 5.84 Å². The predicted molar refractivity (Wildman–Crippen MR) is 57.6 cm³/mol. The SMILES string of the molecule is CC(C(=O)Nc1ccc(F)cc1F)C(N)=NO. The van der Waals surface area contributed by atoms with E-state index in [9.17, 15) is 13.6 Å². The van der Waals surface area contributed by atoms with E-state index in [0.29, 0.717) is 6.07 Å². The fourth-order valence-electron chi connectivity index (χ4n) is 1.05. The number of hydrogen-bond donors (Lipinski definition) is 3. The highest BCUT2D eigenvalue weighted by Crippen LogP contribution is 2.15. The molecule has 1 atom stereocenters. The third-order valence-corrected chi connectivity index (χ3v) is 2.14. The number of rotatable bonds is 3. The molecular weight excluding hydrogens is 232 g/mol. The topological polar surface area (TPSA) is 87.7 Å². The summed E-state index contributed by atoms with van der Waals surface area (Å²) in [5.74, 6) is -3.53. The van der Waals surface area contributed by atoms with Crippen LogP contribution >= 0.6 is 0 Å². The van der Waals surface area contributed by atoms with Crippen LogP contribution in [0.15, 0.2) is 23.4 Å². The van der Waals surface area contributed by atoms with Crippen LogP contribution in [-0.4, -0.2) is 17.0 Å². The van der Waals surface area contributed by atoms with Gasteiger partial charge < -0.3 is 16.3 Å². The van der Waals surface area contributed by atoms with Crippen molar-refractivity contribution >= 4 is 17.4 Å². The molecule has 1 aromatic rings. The minimum absolute atomic E-state index is 0.172. The van der Waals surface area contributed by atoms with Crippen LogP contribution in [0, 0.1) is 17.6 Å². The fourth-order valence-corrected chi connectivity index (χ4v) is 1.05. The van der Waals surface area contributed by atoms with E-state index in [0.717, 1.165) is 12.1 Å². The zero-order chi connectivity index (χ0) is 13.0. The van der Waals surface area contributed by atoms with Crippen molar-refractivity contribution < 1.29 is 18.8 Å². The van der Waals surface area contributed by atoms with Crippen LogP contribution in [0.1, 0.15) is 6.92 Å². The second-order valence-corrected chi connectivity index (χ2v) is 3.36. The van der Waals surface area contributed by atoms with Crippen molar-refractivity contribution in [2.75, 3.05) is 5.32 Å². The smallest absolute Gasteiger partial charge is 0.235 e.